The highest BCUT2D eigenvalue weighted by molar-refractivity contribution is 5.89. The fourth-order valence-electron chi connectivity index (χ4n) is 3.60. The molecule has 33 heavy (non-hydrogen) atoms. The number of rotatable bonds is 10. The minimum absolute atomic E-state index is 0.0192. The Kier molecular flexibility index (Phi) is 7.38. The summed E-state index contributed by atoms with van der Waals surface area (Å²) in [4.78, 5) is 26.6. The van der Waals surface area contributed by atoms with Crippen LogP contribution in [0.3, 0.4) is 0 Å². The highest BCUT2D eigenvalue weighted by atomic mass is 16.5. The molecule has 0 atom stereocenters. The quantitative estimate of drug-likeness (QED) is 0.285. The van der Waals surface area contributed by atoms with Crippen LogP contribution in [0.4, 0.5) is 5.69 Å². The van der Waals surface area contributed by atoms with E-state index in [2.05, 4.69) is 5.32 Å². The third kappa shape index (κ3) is 6.23. The Morgan fingerprint density at radius 1 is 0.909 bits per heavy atom. The van der Waals surface area contributed by atoms with Crippen molar-refractivity contribution in [2.24, 2.45) is 0 Å². The summed E-state index contributed by atoms with van der Waals surface area (Å²) in [6.07, 6.45) is 0.707. The fourth-order valence-corrected chi connectivity index (χ4v) is 3.60. The smallest absolute Gasteiger partial charge is 0.338 e. The Bertz CT molecular complexity index is 1240. The lowest BCUT2D eigenvalue weighted by atomic mass is 10.2. The van der Waals surface area contributed by atoms with Gasteiger partial charge >= 0.3 is 5.63 Å². The topological polar surface area (TPSA) is 71.8 Å². The fraction of sp³-hybridized carbons (Fsp3) is 0.185. The van der Waals surface area contributed by atoms with Crippen molar-refractivity contribution in [2.75, 3.05) is 25.0 Å². The van der Waals surface area contributed by atoms with Gasteiger partial charge in [0.2, 0.25) is 0 Å². The van der Waals surface area contributed by atoms with Crippen molar-refractivity contribution in [3.05, 3.63) is 107 Å². The van der Waals surface area contributed by atoms with E-state index in [9.17, 15) is 9.59 Å². The molecule has 0 aliphatic heterocycles. The second-order valence-electron chi connectivity index (χ2n) is 7.66. The molecule has 1 N–H and O–H groups in total. The number of anilines is 1. The summed E-state index contributed by atoms with van der Waals surface area (Å²) in [5, 5.41) is 4.17. The Hall–Kier alpha value is -4.06. The van der Waals surface area contributed by atoms with Crippen molar-refractivity contribution in [3.63, 3.8) is 0 Å². The van der Waals surface area contributed by atoms with E-state index < -0.39 is 5.63 Å². The predicted molar refractivity (Wildman–Crippen MR) is 129 cm³/mol. The number of ether oxygens (including phenoxy) is 1. The number of amides is 1. The zero-order valence-electron chi connectivity index (χ0n) is 18.3. The van der Waals surface area contributed by atoms with Crippen molar-refractivity contribution in [2.45, 2.75) is 13.0 Å². The molecular weight excluding hydrogens is 416 g/mol. The summed E-state index contributed by atoms with van der Waals surface area (Å²) in [7, 11) is 0. The van der Waals surface area contributed by atoms with Crippen LogP contribution < -0.4 is 15.7 Å². The number of para-hydroxylation sites is 2. The minimum Gasteiger partial charge on any atom is -0.484 e. The van der Waals surface area contributed by atoms with Crippen molar-refractivity contribution >= 4 is 22.6 Å². The van der Waals surface area contributed by atoms with Crippen LogP contribution in [-0.2, 0) is 11.3 Å². The van der Waals surface area contributed by atoms with Crippen molar-refractivity contribution in [3.8, 4) is 5.75 Å². The first kappa shape index (κ1) is 22.1. The van der Waals surface area contributed by atoms with Crippen LogP contribution in [-0.4, -0.2) is 30.5 Å². The van der Waals surface area contributed by atoms with Gasteiger partial charge in [-0.05, 0) is 36.2 Å². The molecule has 0 fully saturated rings. The van der Waals surface area contributed by atoms with E-state index in [0.717, 1.165) is 16.6 Å². The Morgan fingerprint density at radius 3 is 2.39 bits per heavy atom. The minimum atomic E-state index is -0.393. The van der Waals surface area contributed by atoms with E-state index in [1.54, 1.807) is 11.0 Å². The molecule has 0 saturated heterocycles. The third-order valence-corrected chi connectivity index (χ3v) is 5.24. The molecule has 0 unspecified atom stereocenters. The molecule has 1 amide bonds. The Balaban J connectivity index is 1.38. The number of carbonyl (C=O) groups excluding carboxylic acids is 1. The maximum atomic E-state index is 12.9. The second kappa shape index (κ2) is 11.0. The molecule has 0 bridgehead atoms. The molecule has 0 radical (unpaired) electrons. The number of carbonyl (C=O) groups is 1. The normalized spacial score (nSPS) is 10.7. The number of nitrogens with one attached hydrogen (secondary N) is 1. The summed E-state index contributed by atoms with van der Waals surface area (Å²) in [6.45, 7) is 1.65. The molecule has 168 valence electrons. The molecule has 3 aromatic carbocycles. The molecule has 4 rings (SSSR count). The predicted octanol–water partition coefficient (Wildman–Crippen LogP) is 4.70. The number of hydrogen-bond donors (Lipinski definition) is 1. The lowest BCUT2D eigenvalue weighted by Gasteiger charge is -2.23. The van der Waals surface area contributed by atoms with E-state index >= 15 is 0 Å². The molecule has 1 aromatic heterocycles. The first-order valence-corrected chi connectivity index (χ1v) is 11.0. The van der Waals surface area contributed by atoms with Gasteiger partial charge in [0.25, 0.3) is 5.91 Å². The zero-order chi connectivity index (χ0) is 22.9. The van der Waals surface area contributed by atoms with Crippen LogP contribution in [0, 0.1) is 0 Å². The van der Waals surface area contributed by atoms with E-state index in [4.69, 9.17) is 9.15 Å². The van der Waals surface area contributed by atoms with Crippen LogP contribution >= 0.6 is 0 Å². The molecule has 0 aliphatic rings. The average Bonchev–Trinajstić information content (AvgIpc) is 2.85. The summed E-state index contributed by atoms with van der Waals surface area (Å²) in [5.41, 5.74) is 1.95. The van der Waals surface area contributed by atoms with Gasteiger partial charge < -0.3 is 19.4 Å². The summed E-state index contributed by atoms with van der Waals surface area (Å²) in [5.74, 6) is 0.593. The SMILES string of the molecule is O=C(COc1ccccc1)N(CCCNc1cc(=O)oc2ccccc12)Cc1ccccc1. The van der Waals surface area contributed by atoms with Gasteiger partial charge in [0.15, 0.2) is 6.61 Å². The van der Waals surface area contributed by atoms with Gasteiger partial charge in [-0.25, -0.2) is 4.79 Å². The number of fused-ring (bicyclic) bond motifs is 1. The van der Waals surface area contributed by atoms with Gasteiger partial charge in [0.1, 0.15) is 11.3 Å². The van der Waals surface area contributed by atoms with Gasteiger partial charge in [0.05, 0.1) is 5.69 Å². The van der Waals surface area contributed by atoms with Gasteiger partial charge in [0, 0.05) is 31.1 Å². The van der Waals surface area contributed by atoms with Crippen LogP contribution in [0.5, 0.6) is 5.75 Å². The largest absolute Gasteiger partial charge is 0.484 e. The molecule has 0 saturated carbocycles. The van der Waals surface area contributed by atoms with Gasteiger partial charge in [-0.15, -0.1) is 0 Å². The first-order valence-electron chi connectivity index (χ1n) is 11.0. The van der Waals surface area contributed by atoms with E-state index in [0.29, 0.717) is 37.4 Å². The molecule has 6 nitrogen and oxygen atoms in total. The van der Waals surface area contributed by atoms with E-state index in [1.165, 1.54) is 6.07 Å². The monoisotopic (exact) mass is 442 g/mol. The molecular formula is C27H26N2O4. The average molecular weight is 443 g/mol. The van der Waals surface area contributed by atoms with Crippen molar-refractivity contribution in [1.29, 1.82) is 0 Å². The summed E-state index contributed by atoms with van der Waals surface area (Å²) in [6, 6.07) is 28.1. The number of hydrogen-bond acceptors (Lipinski definition) is 5. The Labute approximate surface area is 192 Å². The zero-order valence-corrected chi connectivity index (χ0v) is 18.3. The van der Waals surface area contributed by atoms with Crippen LogP contribution in [0.1, 0.15) is 12.0 Å². The highest BCUT2D eigenvalue weighted by Gasteiger charge is 2.15. The highest BCUT2D eigenvalue weighted by Crippen LogP contribution is 2.21. The summed E-state index contributed by atoms with van der Waals surface area (Å²) < 4.78 is 10.9. The van der Waals surface area contributed by atoms with Gasteiger partial charge in [-0.1, -0.05) is 60.7 Å². The Morgan fingerprint density at radius 2 is 1.61 bits per heavy atom. The first-order chi connectivity index (χ1) is 16.2. The molecule has 4 aromatic rings. The summed E-state index contributed by atoms with van der Waals surface area (Å²) >= 11 is 0. The van der Waals surface area contributed by atoms with Crippen molar-refractivity contribution < 1.29 is 13.9 Å². The lowest BCUT2D eigenvalue weighted by Crippen LogP contribution is -2.36. The molecule has 1 heterocycles. The van der Waals surface area contributed by atoms with Crippen LogP contribution in [0.15, 0.2) is 100 Å². The van der Waals surface area contributed by atoms with Crippen LogP contribution in [0.25, 0.3) is 11.0 Å². The van der Waals surface area contributed by atoms with Gasteiger partial charge in [-0.3, -0.25) is 4.79 Å². The molecule has 0 aliphatic carbocycles. The third-order valence-electron chi connectivity index (χ3n) is 5.24. The second-order valence-corrected chi connectivity index (χ2v) is 7.66. The standard InChI is InChI=1S/C27H26N2O4/c30-26(20-32-22-12-5-2-6-13-22)29(19-21-10-3-1-4-11-21)17-9-16-28-24-18-27(31)33-25-15-8-7-14-23(24)25/h1-8,10-15,18,28H,9,16-17,19-20H2. The molecule has 0 spiro atoms. The maximum absolute atomic E-state index is 12.9. The van der Waals surface area contributed by atoms with Crippen molar-refractivity contribution in [1.82, 2.24) is 4.90 Å². The number of benzene rings is 3. The van der Waals surface area contributed by atoms with Gasteiger partial charge in [-0.2, -0.15) is 0 Å². The van der Waals surface area contributed by atoms with Crippen LogP contribution in [0.2, 0.25) is 0 Å². The van der Waals surface area contributed by atoms with E-state index in [1.807, 2.05) is 78.9 Å². The maximum Gasteiger partial charge on any atom is 0.338 e. The molecule has 6 heteroatoms. The van der Waals surface area contributed by atoms with E-state index in [-0.39, 0.29) is 12.5 Å². The number of nitrogens with zero attached hydrogens (tertiary/aromatic N) is 1. The lowest BCUT2D eigenvalue weighted by molar-refractivity contribution is -0.134.